The van der Waals surface area contributed by atoms with Crippen LogP contribution < -0.4 is 25.1 Å². The van der Waals surface area contributed by atoms with Crippen LogP contribution >= 0.6 is 0 Å². The molecule has 0 saturated heterocycles. The Morgan fingerprint density at radius 2 is 1.15 bits per heavy atom. The molecule has 102 heavy (non-hydrogen) atoms. The van der Waals surface area contributed by atoms with E-state index < -0.39 is 0 Å². The van der Waals surface area contributed by atoms with E-state index in [-0.39, 0.29) is 0 Å². The number of hydrogen-bond donors (Lipinski definition) is 0. The van der Waals surface area contributed by atoms with Crippen LogP contribution in [0.15, 0.2) is 334 Å². The molecule has 0 radical (unpaired) electrons. The highest BCUT2D eigenvalue weighted by Crippen LogP contribution is 2.53. The minimum Gasteiger partial charge on any atom is -0.456 e. The average Bonchev–Trinajstić information content (AvgIpc) is 1.42. The fraction of sp³-hybridized carbons (Fsp3) is 0.0215. The van der Waals surface area contributed by atoms with Gasteiger partial charge in [0.15, 0.2) is 5.58 Å². The highest BCUT2D eigenvalue weighted by Gasteiger charge is 2.32. The Kier molecular flexibility index (Phi) is 13.6. The summed E-state index contributed by atoms with van der Waals surface area (Å²) < 4.78 is 21.9. The molecular formula is C93H58N6O3. The summed E-state index contributed by atoms with van der Waals surface area (Å²) in [6, 6.07) is 104. The molecular weight excluding hydrogens is 1250 g/mol. The number of para-hydroxylation sites is 3. The Morgan fingerprint density at radius 1 is 0.461 bits per heavy atom. The van der Waals surface area contributed by atoms with E-state index in [0.29, 0.717) is 63.5 Å². The predicted molar refractivity (Wildman–Crippen MR) is 420 cm³/mol. The zero-order valence-corrected chi connectivity index (χ0v) is 55.0. The van der Waals surface area contributed by atoms with E-state index in [0.717, 1.165) is 121 Å². The minimum atomic E-state index is 0.456. The van der Waals surface area contributed by atoms with Crippen molar-refractivity contribution in [1.82, 2.24) is 4.98 Å². The largest absolute Gasteiger partial charge is 0.456 e. The van der Waals surface area contributed by atoms with Crippen LogP contribution in [0.2, 0.25) is 0 Å². The molecule has 0 N–H and O–H groups in total. The van der Waals surface area contributed by atoms with Crippen LogP contribution in [-0.2, 0) is 0 Å². The van der Waals surface area contributed by atoms with E-state index in [9.17, 15) is 5.26 Å². The van der Waals surface area contributed by atoms with Crippen LogP contribution in [0.5, 0.6) is 0 Å². The van der Waals surface area contributed by atoms with Crippen LogP contribution in [-0.4, -0.2) is 23.8 Å². The van der Waals surface area contributed by atoms with Crippen molar-refractivity contribution in [3.05, 3.63) is 348 Å². The maximum absolute atomic E-state index is 12.5. The molecule has 9 nitrogen and oxygen atoms in total. The van der Waals surface area contributed by atoms with Gasteiger partial charge < -0.3 is 23.1 Å². The van der Waals surface area contributed by atoms with Crippen molar-refractivity contribution in [2.45, 2.75) is 0 Å². The molecule has 6 heterocycles. The van der Waals surface area contributed by atoms with Gasteiger partial charge in [-0.1, -0.05) is 218 Å². The third-order valence-corrected chi connectivity index (χ3v) is 20.4. The van der Waals surface area contributed by atoms with Gasteiger partial charge in [-0.2, -0.15) is 5.26 Å². The third kappa shape index (κ3) is 9.46. The molecule has 20 rings (SSSR count). The van der Waals surface area contributed by atoms with Gasteiger partial charge in [0.05, 0.1) is 33.7 Å². The van der Waals surface area contributed by atoms with Crippen LogP contribution in [0.4, 0.5) is 34.3 Å². The van der Waals surface area contributed by atoms with E-state index in [1.54, 1.807) is 0 Å². The molecule has 2 aliphatic rings. The number of rotatable bonds is 11. The van der Waals surface area contributed by atoms with Crippen molar-refractivity contribution in [3.63, 3.8) is 0 Å². The van der Waals surface area contributed by atoms with Gasteiger partial charge in [-0.3, -0.25) is 4.90 Å². The number of nitrogens with zero attached hydrogens (tertiary/aromatic N) is 6. The molecule has 9 heteroatoms. The molecule has 0 fully saturated rings. The highest BCUT2D eigenvalue weighted by molar-refractivity contribution is 6.40. The maximum atomic E-state index is 12.5. The first-order valence-electron chi connectivity index (χ1n) is 34.4. The zero-order valence-electron chi connectivity index (χ0n) is 55.0. The van der Waals surface area contributed by atoms with Gasteiger partial charge in [-0.15, -0.1) is 0 Å². The number of anilines is 5. The first-order valence-corrected chi connectivity index (χ1v) is 34.4. The Bertz CT molecular complexity index is 6760. The van der Waals surface area contributed by atoms with Crippen molar-refractivity contribution in [2.75, 3.05) is 27.8 Å². The monoisotopic (exact) mass is 1310 g/mol. The van der Waals surface area contributed by atoms with Gasteiger partial charge in [0.2, 0.25) is 0 Å². The molecule has 0 unspecified atom stereocenters. The molecule has 0 spiro atoms. The van der Waals surface area contributed by atoms with E-state index in [4.69, 9.17) is 23.2 Å². The van der Waals surface area contributed by atoms with E-state index >= 15 is 0 Å². The van der Waals surface area contributed by atoms with Crippen molar-refractivity contribution in [2.24, 2.45) is 4.99 Å². The molecule has 0 aliphatic carbocycles. The molecule has 0 amide bonds. The molecule has 0 atom stereocenters. The lowest BCUT2D eigenvalue weighted by Crippen LogP contribution is -2.36. The Balaban J connectivity index is 0.910. The van der Waals surface area contributed by atoms with Crippen LogP contribution in [0.25, 0.3) is 138 Å². The van der Waals surface area contributed by atoms with E-state index in [1.165, 1.54) is 27.1 Å². The summed E-state index contributed by atoms with van der Waals surface area (Å²) in [4.78, 5) is 17.5. The Morgan fingerprint density at radius 3 is 1.96 bits per heavy atom. The smallest absolute Gasteiger partial charge is 0.159 e. The van der Waals surface area contributed by atoms with Gasteiger partial charge in [-0.05, 0) is 145 Å². The van der Waals surface area contributed by atoms with Crippen LogP contribution in [0, 0.1) is 11.3 Å². The maximum Gasteiger partial charge on any atom is 0.159 e. The van der Waals surface area contributed by atoms with Gasteiger partial charge >= 0.3 is 0 Å². The van der Waals surface area contributed by atoms with Crippen molar-refractivity contribution in [1.29, 1.82) is 5.26 Å². The number of aliphatic imine (C=N–C) groups is 1. The minimum absolute atomic E-state index is 0.456. The normalized spacial score (nSPS) is 13.2. The molecule has 14 aromatic carbocycles. The number of hydrogen-bond acceptors (Lipinski definition) is 9. The lowest BCUT2D eigenvalue weighted by atomic mass is 9.83. The summed E-state index contributed by atoms with van der Waals surface area (Å²) in [6.07, 6.45) is 13.1. The predicted octanol–water partition coefficient (Wildman–Crippen LogP) is 22.5. The van der Waals surface area contributed by atoms with Crippen molar-refractivity contribution in [3.8, 4) is 28.3 Å². The second kappa shape index (κ2) is 23.7. The third-order valence-electron chi connectivity index (χ3n) is 20.4. The molecule has 478 valence electrons. The molecule has 18 aromatic rings. The zero-order chi connectivity index (χ0) is 67.4. The standard InChI is InChI=1S/C93H58N6O3/c94-56-78-75-55-80(97-49-45-59(46-50-97)58-22-5-1-6-23-58)86-76-52-65(98-51-47-68-63(57-98)30-20-36-70(68)69-35-19-29-60-26-13-14-33-67(60)69)41-43-83(76)101-93(86)89(75)87-77(85(78)90(62-27-9-3-10-28-62)96-64-31-11-4-12-32-64)54-73(61-24-7-2-8-25-61)92-88(87)72-37-21-38-79(91(72)102-92)99(84-40-17-18-48-95-84)66-42-44-82-74(53-66)71-34-15-16-39-81(71)100-82/h1-49,52-55,57H,50-51H2/b96-90+. The van der Waals surface area contributed by atoms with Gasteiger partial charge in [0.25, 0.3) is 0 Å². The number of pyridine rings is 1. The van der Waals surface area contributed by atoms with Gasteiger partial charge in [0, 0.05) is 103 Å². The fourth-order valence-corrected chi connectivity index (χ4v) is 15.8. The summed E-state index contributed by atoms with van der Waals surface area (Å²) in [5, 5.41) is 26.0. The number of benzene rings is 14. The van der Waals surface area contributed by atoms with Crippen LogP contribution in [0.1, 0.15) is 22.3 Å². The average molecular weight is 1310 g/mol. The lowest BCUT2D eigenvalue weighted by Gasteiger charge is -2.26. The van der Waals surface area contributed by atoms with E-state index in [2.05, 4.69) is 246 Å². The Hall–Kier alpha value is -13.8. The summed E-state index contributed by atoms with van der Waals surface area (Å²) in [7, 11) is 0. The van der Waals surface area contributed by atoms with Crippen molar-refractivity contribution >= 4 is 156 Å². The topological polar surface area (TPSA) is 98.2 Å². The van der Waals surface area contributed by atoms with Gasteiger partial charge in [-0.25, -0.2) is 9.98 Å². The molecule has 0 saturated carbocycles. The SMILES string of the molecule is N#Cc1c(/C(=N/c2ccccc2)c2ccccc2)c2cc(-c3ccccc3)c3oc4c(N(c5ccc6oc7ccccc7c6c5)c5ccccn5)cccc4c3c2c2c1cc(N1C=CC(c3ccccc3)=CC1)c1c3cc(N4C=c5cccc(-c6cccc7ccccc67)c5=CC4)ccc3oc12. The summed E-state index contributed by atoms with van der Waals surface area (Å²) in [5.74, 6) is 0.699. The number of furan rings is 3. The summed E-state index contributed by atoms with van der Waals surface area (Å²) >= 11 is 0. The molecule has 4 aromatic heterocycles. The van der Waals surface area contributed by atoms with Gasteiger partial charge in [0.1, 0.15) is 39.8 Å². The highest BCUT2D eigenvalue weighted by atomic mass is 16.3. The molecule has 0 bridgehead atoms. The lowest BCUT2D eigenvalue weighted by molar-refractivity contribution is 0.669. The summed E-state index contributed by atoms with van der Waals surface area (Å²) in [5.41, 5.74) is 17.6. The second-order valence-electron chi connectivity index (χ2n) is 26.1. The quantitative estimate of drug-likeness (QED) is 0.0933. The number of allylic oxidation sites excluding steroid dienone is 2. The fourth-order valence-electron chi connectivity index (χ4n) is 15.8. The number of aromatic nitrogens is 1. The number of nitriles is 1. The molecule has 2 aliphatic heterocycles. The Labute approximate surface area is 585 Å². The first-order chi connectivity index (χ1) is 50.5. The van der Waals surface area contributed by atoms with E-state index in [1.807, 2.05) is 103 Å². The van der Waals surface area contributed by atoms with Crippen LogP contribution in [0.3, 0.4) is 0 Å². The number of fused-ring (bicyclic) bond motifs is 16. The summed E-state index contributed by atoms with van der Waals surface area (Å²) in [6.45, 7) is 1.19. The first kappa shape index (κ1) is 58.4. The van der Waals surface area contributed by atoms with Crippen molar-refractivity contribution < 1.29 is 13.3 Å². The second-order valence-corrected chi connectivity index (χ2v) is 26.1.